The van der Waals surface area contributed by atoms with E-state index in [1.165, 1.54) is 10.5 Å². The van der Waals surface area contributed by atoms with E-state index in [0.717, 1.165) is 19.3 Å². The van der Waals surface area contributed by atoms with E-state index >= 15 is 0 Å². The predicted molar refractivity (Wildman–Crippen MR) is 116 cm³/mol. The van der Waals surface area contributed by atoms with Gasteiger partial charge in [-0.1, -0.05) is 18.0 Å². The van der Waals surface area contributed by atoms with E-state index in [1.54, 1.807) is 42.5 Å². The summed E-state index contributed by atoms with van der Waals surface area (Å²) in [5, 5.41) is 3.51. The molecule has 2 heterocycles. The van der Waals surface area contributed by atoms with Gasteiger partial charge in [0.15, 0.2) is 11.9 Å². The van der Waals surface area contributed by atoms with Crippen LogP contribution in [-0.4, -0.2) is 37.1 Å². The van der Waals surface area contributed by atoms with Gasteiger partial charge in [0, 0.05) is 30.0 Å². The number of fused-ring (bicyclic) bond motifs is 1. The average molecular weight is 446 g/mol. The largest absolute Gasteiger partial charge is 0.436 e. The van der Waals surface area contributed by atoms with Crippen LogP contribution in [-0.2, 0) is 14.8 Å². The molecule has 7 nitrogen and oxygen atoms in total. The van der Waals surface area contributed by atoms with Crippen LogP contribution in [0.15, 0.2) is 58.0 Å². The molecule has 0 amide bonds. The minimum atomic E-state index is -3.48. The van der Waals surface area contributed by atoms with Crippen LogP contribution < -0.4 is 5.32 Å². The number of aromatic nitrogens is 1. The van der Waals surface area contributed by atoms with Crippen molar-refractivity contribution in [3.8, 4) is 0 Å². The number of sulfonamides is 1. The third kappa shape index (κ3) is 4.26. The van der Waals surface area contributed by atoms with E-state index in [0.29, 0.717) is 41.2 Å². The molecule has 0 radical (unpaired) electrons. The Morgan fingerprint density at radius 3 is 2.53 bits per heavy atom. The smallest absolute Gasteiger partial charge is 0.243 e. The Hall–Kier alpha value is -2.68. The van der Waals surface area contributed by atoms with Gasteiger partial charge in [0.05, 0.1) is 10.5 Å². The van der Waals surface area contributed by atoms with Crippen LogP contribution in [0.4, 0.5) is 5.69 Å². The molecule has 0 unspecified atom stereocenters. The summed E-state index contributed by atoms with van der Waals surface area (Å²) in [6.07, 6.45) is 4.94. The molecule has 2 aromatic carbocycles. The molecule has 30 heavy (non-hydrogen) atoms. The zero-order valence-corrected chi connectivity index (χ0v) is 17.6. The molecule has 0 aliphatic carbocycles. The number of hydrogen-bond donors (Lipinski definition) is 1. The molecular weight excluding hydrogens is 426 g/mol. The monoisotopic (exact) mass is 445 g/mol. The lowest BCUT2D eigenvalue weighted by atomic mass is 10.2. The molecular formula is C21H20ClN3O4S. The van der Waals surface area contributed by atoms with Crippen molar-refractivity contribution < 1.29 is 17.6 Å². The van der Waals surface area contributed by atoms with Gasteiger partial charge < -0.3 is 9.73 Å². The zero-order valence-electron chi connectivity index (χ0n) is 16.0. The van der Waals surface area contributed by atoms with Crippen LogP contribution in [0.3, 0.4) is 0 Å². The van der Waals surface area contributed by atoms with Gasteiger partial charge in [-0.15, -0.1) is 0 Å². The van der Waals surface area contributed by atoms with Crippen LogP contribution in [0.1, 0.15) is 25.2 Å². The number of nitrogens with one attached hydrogen (secondary N) is 1. The normalized spacial score (nSPS) is 16.0. The average Bonchev–Trinajstić information content (AvgIpc) is 3.18. The highest BCUT2D eigenvalue weighted by Gasteiger charge is 2.25. The number of allylic oxidation sites excluding steroid dienone is 1. The van der Waals surface area contributed by atoms with E-state index < -0.39 is 10.0 Å². The lowest BCUT2D eigenvalue weighted by Gasteiger charge is -2.25. The number of carbonyl (C=O) groups excluding carboxylic acids is 1. The van der Waals surface area contributed by atoms with Crippen LogP contribution >= 0.6 is 11.6 Å². The van der Waals surface area contributed by atoms with Gasteiger partial charge in [-0.05, 0) is 55.3 Å². The number of hydrogen-bond acceptors (Lipinski definition) is 6. The maximum Gasteiger partial charge on any atom is 0.243 e. The van der Waals surface area contributed by atoms with E-state index in [9.17, 15) is 13.2 Å². The Labute approximate surface area is 179 Å². The van der Waals surface area contributed by atoms with Crippen molar-refractivity contribution in [1.82, 2.24) is 9.29 Å². The van der Waals surface area contributed by atoms with Gasteiger partial charge in [-0.3, -0.25) is 4.79 Å². The lowest BCUT2D eigenvalue weighted by Crippen LogP contribution is -2.35. The molecule has 156 valence electrons. The Kier molecular flexibility index (Phi) is 5.90. The van der Waals surface area contributed by atoms with Gasteiger partial charge in [-0.2, -0.15) is 4.31 Å². The molecule has 4 rings (SSSR count). The number of nitrogens with zero attached hydrogens (tertiary/aromatic N) is 2. The summed E-state index contributed by atoms with van der Waals surface area (Å²) >= 11 is 5.95. The maximum atomic E-state index is 12.7. The first-order chi connectivity index (χ1) is 14.5. The Balaban J connectivity index is 1.51. The van der Waals surface area contributed by atoms with E-state index in [4.69, 9.17) is 16.0 Å². The molecule has 1 N–H and O–H groups in total. The molecule has 1 fully saturated rings. The van der Waals surface area contributed by atoms with Crippen molar-refractivity contribution in [2.45, 2.75) is 24.2 Å². The molecule has 0 spiro atoms. The van der Waals surface area contributed by atoms with Crippen molar-refractivity contribution in [2.75, 3.05) is 18.4 Å². The summed E-state index contributed by atoms with van der Waals surface area (Å²) in [6, 6.07) is 11.4. The number of piperidine rings is 1. The number of carbonyl (C=O) groups is 1. The highest BCUT2D eigenvalue weighted by molar-refractivity contribution is 7.89. The molecule has 9 heteroatoms. The second-order valence-electron chi connectivity index (χ2n) is 6.98. The zero-order chi connectivity index (χ0) is 21.1. The highest BCUT2D eigenvalue weighted by Crippen LogP contribution is 2.24. The molecule has 3 aromatic rings. The minimum Gasteiger partial charge on any atom is -0.436 e. The number of halogens is 1. The first-order valence-corrected chi connectivity index (χ1v) is 11.4. The maximum absolute atomic E-state index is 12.7. The number of benzene rings is 2. The number of rotatable bonds is 6. The second-order valence-corrected chi connectivity index (χ2v) is 9.36. The minimum absolute atomic E-state index is 0.166. The van der Waals surface area contributed by atoms with Crippen molar-refractivity contribution in [2.24, 2.45) is 0 Å². The third-order valence-electron chi connectivity index (χ3n) is 4.92. The van der Waals surface area contributed by atoms with Crippen LogP contribution in [0, 0.1) is 0 Å². The predicted octanol–water partition coefficient (Wildman–Crippen LogP) is 4.31. The summed E-state index contributed by atoms with van der Waals surface area (Å²) in [7, 11) is -3.48. The SMILES string of the molecule is O=C/C(=C\Nc1ccc(S(=O)(=O)N2CCCCC2)cc1)c1nc2cc(Cl)ccc2o1. The number of aldehydes is 1. The van der Waals surface area contributed by atoms with Gasteiger partial charge in [0.1, 0.15) is 5.52 Å². The Morgan fingerprint density at radius 2 is 1.83 bits per heavy atom. The standard InChI is InChI=1S/C21H20ClN3O4S/c22-16-4-9-20-19(12-16)24-21(29-20)15(14-26)13-23-17-5-7-18(8-6-17)30(27,28)25-10-2-1-3-11-25/h4-9,12-14,23H,1-3,10-11H2/b15-13+. The summed E-state index contributed by atoms with van der Waals surface area (Å²) in [5.74, 6) is 0.166. The first-order valence-electron chi connectivity index (χ1n) is 9.56. The number of oxazole rings is 1. The second kappa shape index (κ2) is 8.59. The third-order valence-corrected chi connectivity index (χ3v) is 7.07. The molecule has 1 saturated heterocycles. The number of anilines is 1. The molecule has 1 aliphatic rings. The van der Waals surface area contributed by atoms with E-state index in [2.05, 4.69) is 10.3 Å². The first kappa shape index (κ1) is 20.6. The van der Waals surface area contributed by atoms with Crippen molar-refractivity contribution in [3.05, 3.63) is 59.6 Å². The summed E-state index contributed by atoms with van der Waals surface area (Å²) in [4.78, 5) is 16.0. The van der Waals surface area contributed by atoms with E-state index in [-0.39, 0.29) is 16.4 Å². The summed E-state index contributed by atoms with van der Waals surface area (Å²) < 4.78 is 32.6. The fourth-order valence-electron chi connectivity index (χ4n) is 3.31. The van der Waals surface area contributed by atoms with E-state index in [1.807, 2.05) is 0 Å². The van der Waals surface area contributed by atoms with Gasteiger partial charge in [0.25, 0.3) is 0 Å². The summed E-state index contributed by atoms with van der Waals surface area (Å²) in [6.45, 7) is 1.12. The molecule has 1 aromatic heterocycles. The van der Waals surface area contributed by atoms with Gasteiger partial charge in [0.2, 0.25) is 15.9 Å². The quantitative estimate of drug-likeness (QED) is 0.449. The topological polar surface area (TPSA) is 92.5 Å². The van der Waals surface area contributed by atoms with Crippen molar-refractivity contribution >= 4 is 50.3 Å². The highest BCUT2D eigenvalue weighted by atomic mass is 35.5. The summed E-state index contributed by atoms with van der Waals surface area (Å²) in [5.41, 5.74) is 1.92. The fraction of sp³-hybridized carbons (Fsp3) is 0.238. The molecule has 0 bridgehead atoms. The fourth-order valence-corrected chi connectivity index (χ4v) is 4.99. The van der Waals surface area contributed by atoms with Crippen molar-refractivity contribution in [1.29, 1.82) is 0 Å². The van der Waals surface area contributed by atoms with Gasteiger partial charge in [-0.25, -0.2) is 13.4 Å². The van der Waals surface area contributed by atoms with Gasteiger partial charge >= 0.3 is 0 Å². The lowest BCUT2D eigenvalue weighted by molar-refractivity contribution is -0.103. The molecule has 0 atom stereocenters. The van der Waals surface area contributed by atoms with Crippen molar-refractivity contribution in [3.63, 3.8) is 0 Å². The molecule has 0 saturated carbocycles. The Morgan fingerprint density at radius 1 is 1.10 bits per heavy atom. The molecule has 1 aliphatic heterocycles. The Bertz CT molecular complexity index is 1200. The van der Waals surface area contributed by atoms with Crippen LogP contribution in [0.5, 0.6) is 0 Å². The van der Waals surface area contributed by atoms with Crippen LogP contribution in [0.25, 0.3) is 16.7 Å². The van der Waals surface area contributed by atoms with Crippen LogP contribution in [0.2, 0.25) is 5.02 Å².